The quantitative estimate of drug-likeness (QED) is 0.737. The zero-order valence-corrected chi connectivity index (χ0v) is 14.1. The van der Waals surface area contributed by atoms with Gasteiger partial charge in [0, 0.05) is 13.6 Å². The third-order valence-electron chi connectivity index (χ3n) is 3.92. The van der Waals surface area contributed by atoms with E-state index in [-0.39, 0.29) is 17.2 Å². The minimum absolute atomic E-state index is 0.0127. The van der Waals surface area contributed by atoms with E-state index in [9.17, 15) is 9.59 Å². The molecule has 3 aromatic rings. The van der Waals surface area contributed by atoms with Gasteiger partial charge in [-0.1, -0.05) is 13.3 Å². The number of fused-ring (bicyclic) bond motifs is 1. The van der Waals surface area contributed by atoms with E-state index in [2.05, 4.69) is 16.9 Å². The van der Waals surface area contributed by atoms with Crippen molar-refractivity contribution in [2.45, 2.75) is 19.8 Å². The molecule has 25 heavy (non-hydrogen) atoms. The van der Waals surface area contributed by atoms with Gasteiger partial charge in [0.05, 0.1) is 6.26 Å². The molecule has 0 unspecified atom stereocenters. The molecule has 8 heteroatoms. The zero-order valence-electron chi connectivity index (χ0n) is 14.1. The number of aromatic nitrogens is 3. The summed E-state index contributed by atoms with van der Waals surface area (Å²) >= 11 is 0. The number of nitrogens with zero attached hydrogens (tertiary/aromatic N) is 4. The number of rotatable bonds is 6. The first-order valence-corrected chi connectivity index (χ1v) is 8.00. The van der Waals surface area contributed by atoms with Crippen molar-refractivity contribution >= 4 is 17.5 Å². The van der Waals surface area contributed by atoms with Gasteiger partial charge in [-0.25, -0.2) is 9.97 Å². The fourth-order valence-electron chi connectivity index (χ4n) is 2.55. The van der Waals surface area contributed by atoms with E-state index in [0.717, 1.165) is 12.8 Å². The predicted octanol–water partition coefficient (Wildman–Crippen LogP) is 1.96. The van der Waals surface area contributed by atoms with Gasteiger partial charge in [-0.3, -0.25) is 14.0 Å². The molecule has 0 aliphatic rings. The van der Waals surface area contributed by atoms with Crippen LogP contribution < -0.4 is 5.73 Å². The molecular formula is C17H19N5O3. The van der Waals surface area contributed by atoms with Crippen molar-refractivity contribution in [1.82, 2.24) is 19.3 Å². The normalized spacial score (nSPS) is 11.0. The lowest BCUT2D eigenvalue weighted by atomic mass is 10.2. The Morgan fingerprint density at radius 1 is 1.40 bits per heavy atom. The zero-order chi connectivity index (χ0) is 18.0. The molecule has 0 radical (unpaired) electrons. The lowest BCUT2D eigenvalue weighted by Gasteiger charge is -2.18. The van der Waals surface area contributed by atoms with E-state index < -0.39 is 5.91 Å². The van der Waals surface area contributed by atoms with Crippen molar-refractivity contribution in [3.05, 3.63) is 42.2 Å². The average molecular weight is 341 g/mol. The first-order valence-electron chi connectivity index (χ1n) is 8.00. The van der Waals surface area contributed by atoms with Crippen molar-refractivity contribution < 1.29 is 14.0 Å². The molecule has 3 rings (SSSR count). The maximum Gasteiger partial charge on any atom is 0.271 e. The second-order valence-electron chi connectivity index (χ2n) is 5.74. The Morgan fingerprint density at radius 2 is 2.20 bits per heavy atom. The van der Waals surface area contributed by atoms with Crippen LogP contribution in [-0.4, -0.2) is 44.7 Å². The van der Waals surface area contributed by atoms with Crippen LogP contribution in [0.5, 0.6) is 0 Å². The van der Waals surface area contributed by atoms with Gasteiger partial charge in [0.2, 0.25) is 0 Å². The summed E-state index contributed by atoms with van der Waals surface area (Å²) < 4.78 is 6.86. The Bertz CT molecular complexity index is 914. The molecule has 0 aliphatic heterocycles. The number of carbonyl (C=O) groups excluding carboxylic acids is 2. The highest BCUT2D eigenvalue weighted by atomic mass is 16.3. The Labute approximate surface area is 144 Å². The molecule has 130 valence electrons. The highest BCUT2D eigenvalue weighted by Gasteiger charge is 2.22. The van der Waals surface area contributed by atoms with Gasteiger partial charge < -0.3 is 15.1 Å². The van der Waals surface area contributed by atoms with Gasteiger partial charge in [-0.15, -0.1) is 0 Å². The number of primary amides is 1. The third kappa shape index (κ3) is 3.10. The Balaban J connectivity index is 2.16. The fourth-order valence-corrected chi connectivity index (χ4v) is 2.55. The van der Waals surface area contributed by atoms with Gasteiger partial charge in [0.1, 0.15) is 17.7 Å². The standard InChI is InChI=1S/C17H19N5O3/c1-3-4-7-21(2)17(24)12-9-11(13-6-5-8-25-13)20-16-14(15(18)23)19-10-22(12)16/h5-6,8-10H,3-4,7H2,1-2H3,(H2,18,23). The molecule has 0 fully saturated rings. The van der Waals surface area contributed by atoms with Crippen LogP contribution in [0.4, 0.5) is 0 Å². The first-order chi connectivity index (χ1) is 12.0. The number of unbranched alkanes of at least 4 members (excludes halogenated alkanes) is 1. The van der Waals surface area contributed by atoms with Crippen LogP contribution in [-0.2, 0) is 0 Å². The molecule has 2 amide bonds. The molecule has 8 nitrogen and oxygen atoms in total. The predicted molar refractivity (Wildman–Crippen MR) is 91.1 cm³/mol. The largest absolute Gasteiger partial charge is 0.463 e. The van der Waals surface area contributed by atoms with Crippen LogP contribution in [0.1, 0.15) is 40.7 Å². The molecule has 0 atom stereocenters. The minimum atomic E-state index is -0.704. The smallest absolute Gasteiger partial charge is 0.271 e. The molecular weight excluding hydrogens is 322 g/mol. The number of nitrogens with two attached hydrogens (primary N) is 1. The molecule has 0 bridgehead atoms. The van der Waals surface area contributed by atoms with E-state index in [1.54, 1.807) is 30.1 Å². The van der Waals surface area contributed by atoms with E-state index in [1.807, 2.05) is 0 Å². The van der Waals surface area contributed by atoms with Crippen LogP contribution in [0.3, 0.4) is 0 Å². The number of hydrogen-bond donors (Lipinski definition) is 1. The number of amides is 2. The lowest BCUT2D eigenvalue weighted by molar-refractivity contribution is 0.0785. The third-order valence-corrected chi connectivity index (χ3v) is 3.92. The van der Waals surface area contributed by atoms with Crippen molar-refractivity contribution in [2.24, 2.45) is 5.73 Å². The van der Waals surface area contributed by atoms with Crippen molar-refractivity contribution in [1.29, 1.82) is 0 Å². The highest BCUT2D eigenvalue weighted by molar-refractivity contribution is 5.99. The van der Waals surface area contributed by atoms with Crippen LogP contribution in [0, 0.1) is 0 Å². The Morgan fingerprint density at radius 3 is 2.84 bits per heavy atom. The molecule has 0 aromatic carbocycles. The second-order valence-corrected chi connectivity index (χ2v) is 5.74. The minimum Gasteiger partial charge on any atom is -0.463 e. The van der Waals surface area contributed by atoms with Crippen molar-refractivity contribution in [2.75, 3.05) is 13.6 Å². The van der Waals surface area contributed by atoms with Gasteiger partial charge in [0.15, 0.2) is 17.1 Å². The summed E-state index contributed by atoms with van der Waals surface area (Å²) in [5.41, 5.74) is 6.39. The van der Waals surface area contributed by atoms with E-state index in [0.29, 0.717) is 23.7 Å². The Kier molecular flexibility index (Phi) is 4.51. The van der Waals surface area contributed by atoms with Gasteiger partial charge in [-0.2, -0.15) is 0 Å². The van der Waals surface area contributed by atoms with Crippen LogP contribution in [0.25, 0.3) is 17.1 Å². The summed E-state index contributed by atoms with van der Waals surface area (Å²) in [6, 6.07) is 5.08. The number of hydrogen-bond acceptors (Lipinski definition) is 5. The van der Waals surface area contributed by atoms with Crippen LogP contribution >= 0.6 is 0 Å². The molecule has 0 saturated heterocycles. The van der Waals surface area contributed by atoms with Crippen molar-refractivity contribution in [3.63, 3.8) is 0 Å². The molecule has 3 heterocycles. The average Bonchev–Trinajstić information content (AvgIpc) is 3.27. The number of imidazole rings is 1. The summed E-state index contributed by atoms with van der Waals surface area (Å²) in [5, 5.41) is 0. The second kappa shape index (κ2) is 6.76. The number of furan rings is 1. The van der Waals surface area contributed by atoms with E-state index >= 15 is 0 Å². The van der Waals surface area contributed by atoms with Crippen molar-refractivity contribution in [3.8, 4) is 11.5 Å². The number of carbonyl (C=O) groups is 2. The van der Waals surface area contributed by atoms with Gasteiger partial charge in [-0.05, 0) is 24.6 Å². The summed E-state index contributed by atoms with van der Waals surface area (Å²) in [7, 11) is 1.74. The van der Waals surface area contributed by atoms with E-state index in [4.69, 9.17) is 10.2 Å². The Hall–Kier alpha value is -3.16. The van der Waals surface area contributed by atoms with E-state index in [1.165, 1.54) is 17.0 Å². The van der Waals surface area contributed by atoms with Gasteiger partial charge in [0.25, 0.3) is 11.8 Å². The molecule has 0 aliphatic carbocycles. The summed E-state index contributed by atoms with van der Waals surface area (Å²) in [6.45, 7) is 2.69. The molecule has 2 N–H and O–H groups in total. The topological polar surface area (TPSA) is 107 Å². The summed E-state index contributed by atoms with van der Waals surface area (Å²) in [4.78, 5) is 34.5. The summed E-state index contributed by atoms with van der Waals surface area (Å²) in [6.07, 6.45) is 4.78. The maximum absolute atomic E-state index is 12.9. The van der Waals surface area contributed by atoms with Crippen LogP contribution in [0.15, 0.2) is 35.2 Å². The molecule has 3 aromatic heterocycles. The summed E-state index contributed by atoms with van der Waals surface area (Å²) in [5.74, 6) is -0.407. The van der Waals surface area contributed by atoms with Crippen LogP contribution in [0.2, 0.25) is 0 Å². The monoisotopic (exact) mass is 341 g/mol. The maximum atomic E-state index is 12.9. The molecule has 0 saturated carbocycles. The van der Waals surface area contributed by atoms with Gasteiger partial charge >= 0.3 is 0 Å². The lowest BCUT2D eigenvalue weighted by Crippen LogP contribution is -2.29. The first kappa shape index (κ1) is 16.7. The highest BCUT2D eigenvalue weighted by Crippen LogP contribution is 2.22. The fraction of sp³-hybridized carbons (Fsp3) is 0.294. The SMILES string of the molecule is CCCCN(C)C(=O)c1cc(-c2ccco2)nc2c(C(N)=O)ncn12. The molecule has 0 spiro atoms.